The summed E-state index contributed by atoms with van der Waals surface area (Å²) in [5.74, 6) is -0.719. The Balaban J connectivity index is 2.18. The molecule has 1 amide bonds. The van der Waals surface area contributed by atoms with Crippen LogP contribution in [0.1, 0.15) is 15.9 Å². The van der Waals surface area contributed by atoms with Gasteiger partial charge >= 0.3 is 0 Å². The molecule has 0 unspecified atom stereocenters. The Morgan fingerprint density at radius 3 is 2.24 bits per heavy atom. The van der Waals surface area contributed by atoms with Gasteiger partial charge in [0.05, 0.1) is 23.5 Å². The van der Waals surface area contributed by atoms with Crippen LogP contribution in [0.4, 0.5) is 10.2 Å². The number of pyridine rings is 1. The van der Waals surface area contributed by atoms with E-state index in [4.69, 9.17) is 4.42 Å². The number of carbonyl (C=O) groups is 1. The van der Waals surface area contributed by atoms with Gasteiger partial charge in [-0.25, -0.2) is 25.5 Å². The van der Waals surface area contributed by atoms with E-state index >= 15 is 0 Å². The Labute approximate surface area is 197 Å². The van der Waals surface area contributed by atoms with E-state index in [-0.39, 0.29) is 35.9 Å². The van der Waals surface area contributed by atoms with Crippen molar-refractivity contribution < 1.29 is 30.4 Å². The lowest BCUT2D eigenvalue weighted by Crippen LogP contribution is -2.39. The summed E-state index contributed by atoms with van der Waals surface area (Å²) in [6.07, 6.45) is 2.01. The number of benzene rings is 1. The van der Waals surface area contributed by atoms with Gasteiger partial charge in [0.25, 0.3) is 5.91 Å². The van der Waals surface area contributed by atoms with Crippen LogP contribution in [0.5, 0.6) is 0 Å². The van der Waals surface area contributed by atoms with Gasteiger partial charge in [-0.3, -0.25) is 9.10 Å². The number of carbonyl (C=O) groups excluding carboxylic acids is 1. The second-order valence-electron chi connectivity index (χ2n) is 7.79. The number of rotatable bonds is 8. The Morgan fingerprint density at radius 1 is 1.09 bits per heavy atom. The van der Waals surface area contributed by atoms with Crippen LogP contribution >= 0.6 is 0 Å². The quantitative estimate of drug-likeness (QED) is 0.488. The van der Waals surface area contributed by atoms with Crippen LogP contribution in [-0.2, 0) is 20.0 Å². The lowest BCUT2D eigenvalue weighted by molar-refractivity contribution is 0.0964. The van der Waals surface area contributed by atoms with Crippen LogP contribution in [0.25, 0.3) is 22.4 Å². The molecule has 3 aromatic rings. The zero-order valence-corrected chi connectivity index (χ0v) is 20.9. The highest BCUT2D eigenvalue weighted by Crippen LogP contribution is 2.35. The minimum Gasteiger partial charge on any atom is -0.437 e. The molecule has 0 saturated heterocycles. The number of sulfonamides is 2. The van der Waals surface area contributed by atoms with Crippen LogP contribution in [0, 0.1) is 12.7 Å². The van der Waals surface area contributed by atoms with Crippen molar-refractivity contribution in [3.05, 3.63) is 47.3 Å². The molecule has 0 aliphatic rings. The monoisotopic (exact) mass is 512 g/mol. The van der Waals surface area contributed by atoms with Gasteiger partial charge in [-0.15, -0.1) is 0 Å². The molecule has 1 N–H and O–H groups in total. The van der Waals surface area contributed by atoms with Crippen molar-refractivity contribution in [2.75, 3.05) is 44.0 Å². The number of nitrogens with zero attached hydrogens (tertiary/aromatic N) is 3. The standard InChI is InChI=1S/C21H25FN4O6S2/c1-13-12-16-17(20(27)23-2)18(14-6-8-15(22)9-7-14)32-21(16)24-19(13)26(34(5,30)31)11-10-25(3)33(4,28)29/h6-9,12H,10-11H2,1-5H3,(H,23,27). The van der Waals surface area contributed by atoms with E-state index in [1.54, 1.807) is 13.0 Å². The predicted molar refractivity (Wildman–Crippen MR) is 127 cm³/mol. The first-order valence-electron chi connectivity index (χ1n) is 10.0. The van der Waals surface area contributed by atoms with Gasteiger partial charge in [-0.1, -0.05) is 0 Å². The third kappa shape index (κ3) is 5.21. The van der Waals surface area contributed by atoms with Gasteiger partial charge < -0.3 is 9.73 Å². The Kier molecular flexibility index (Phi) is 7.01. The Bertz CT molecular complexity index is 1450. The molecule has 10 nitrogen and oxygen atoms in total. The average molecular weight is 513 g/mol. The highest BCUT2D eigenvalue weighted by atomic mass is 32.2. The first kappa shape index (κ1) is 25.6. The third-order valence-electron chi connectivity index (χ3n) is 5.23. The predicted octanol–water partition coefficient (Wildman–Crippen LogP) is 1.96. The summed E-state index contributed by atoms with van der Waals surface area (Å²) in [6.45, 7) is 1.33. The SMILES string of the molecule is CNC(=O)c1c(-c2ccc(F)cc2)oc2nc(N(CCN(C)S(C)(=O)=O)S(C)(=O)=O)c(C)cc12. The number of amides is 1. The summed E-state index contributed by atoms with van der Waals surface area (Å²) < 4.78 is 69.9. The van der Waals surface area contributed by atoms with Crippen molar-refractivity contribution in [2.24, 2.45) is 0 Å². The number of halogens is 1. The summed E-state index contributed by atoms with van der Waals surface area (Å²) in [5, 5.41) is 2.89. The fourth-order valence-electron chi connectivity index (χ4n) is 3.35. The maximum atomic E-state index is 13.4. The summed E-state index contributed by atoms with van der Waals surface area (Å²) in [6, 6.07) is 6.94. The van der Waals surface area contributed by atoms with E-state index < -0.39 is 31.8 Å². The van der Waals surface area contributed by atoms with E-state index in [9.17, 15) is 26.0 Å². The average Bonchev–Trinajstić information content (AvgIpc) is 3.10. The first-order valence-corrected chi connectivity index (χ1v) is 13.7. The largest absolute Gasteiger partial charge is 0.437 e. The number of likely N-dealkylation sites (N-methyl/N-ethyl adjacent to an activating group) is 1. The first-order chi connectivity index (χ1) is 15.7. The highest BCUT2D eigenvalue weighted by molar-refractivity contribution is 7.92. The maximum absolute atomic E-state index is 13.4. The van der Waals surface area contributed by atoms with Crippen LogP contribution in [0.2, 0.25) is 0 Å². The zero-order valence-electron chi connectivity index (χ0n) is 19.3. The van der Waals surface area contributed by atoms with Crippen LogP contribution in [-0.4, -0.2) is 71.7 Å². The van der Waals surface area contributed by atoms with Crippen molar-refractivity contribution >= 4 is 42.9 Å². The van der Waals surface area contributed by atoms with Crippen molar-refractivity contribution in [3.63, 3.8) is 0 Å². The van der Waals surface area contributed by atoms with Crippen LogP contribution < -0.4 is 9.62 Å². The van der Waals surface area contributed by atoms with Crippen molar-refractivity contribution in [1.29, 1.82) is 0 Å². The molecule has 0 radical (unpaired) electrons. The smallest absolute Gasteiger partial charge is 0.255 e. The molecule has 0 atom stereocenters. The second kappa shape index (κ2) is 9.31. The van der Waals surface area contributed by atoms with Crippen molar-refractivity contribution in [1.82, 2.24) is 14.6 Å². The number of hydrogen-bond acceptors (Lipinski definition) is 7. The Morgan fingerprint density at radius 2 is 1.71 bits per heavy atom. The lowest BCUT2D eigenvalue weighted by Gasteiger charge is -2.25. The lowest BCUT2D eigenvalue weighted by atomic mass is 10.0. The molecular weight excluding hydrogens is 487 g/mol. The molecule has 3 rings (SSSR count). The minimum atomic E-state index is -3.84. The van der Waals surface area contributed by atoms with E-state index in [0.29, 0.717) is 16.5 Å². The highest BCUT2D eigenvalue weighted by Gasteiger charge is 2.27. The molecule has 2 heterocycles. The van der Waals surface area contributed by atoms with Gasteiger partial charge in [0.15, 0.2) is 0 Å². The summed E-state index contributed by atoms with van der Waals surface area (Å²) >= 11 is 0. The number of aryl methyl sites for hydroxylation is 1. The number of fused-ring (bicyclic) bond motifs is 1. The van der Waals surface area contributed by atoms with Gasteiger partial charge in [-0.05, 0) is 42.8 Å². The Hall–Kier alpha value is -3.03. The van der Waals surface area contributed by atoms with Gasteiger partial charge in [0.1, 0.15) is 17.4 Å². The number of furan rings is 1. The number of hydrogen-bond donors (Lipinski definition) is 1. The molecule has 34 heavy (non-hydrogen) atoms. The minimum absolute atomic E-state index is 0.00337. The molecular formula is C21H25FN4O6S2. The zero-order chi connectivity index (χ0) is 25.4. The molecule has 0 saturated carbocycles. The van der Waals surface area contributed by atoms with Crippen molar-refractivity contribution in [2.45, 2.75) is 6.92 Å². The van der Waals surface area contributed by atoms with Gasteiger partial charge in [-0.2, -0.15) is 4.98 Å². The number of aromatic nitrogens is 1. The van der Waals surface area contributed by atoms with Gasteiger partial charge in [0.2, 0.25) is 25.8 Å². The van der Waals surface area contributed by atoms with Crippen LogP contribution in [0.3, 0.4) is 0 Å². The van der Waals surface area contributed by atoms with Gasteiger partial charge in [0, 0.05) is 32.7 Å². The summed E-state index contributed by atoms with van der Waals surface area (Å²) in [4.78, 5) is 17.0. The van der Waals surface area contributed by atoms with Crippen molar-refractivity contribution in [3.8, 4) is 11.3 Å². The molecule has 0 fully saturated rings. The molecule has 0 spiro atoms. The molecule has 0 aliphatic heterocycles. The fourth-order valence-corrected chi connectivity index (χ4v) is 4.67. The van der Waals surface area contributed by atoms with E-state index in [0.717, 1.165) is 21.1 Å². The third-order valence-corrected chi connectivity index (χ3v) is 7.70. The van der Waals surface area contributed by atoms with E-state index in [1.165, 1.54) is 38.4 Å². The normalized spacial score (nSPS) is 12.3. The maximum Gasteiger partial charge on any atom is 0.255 e. The number of anilines is 1. The summed E-state index contributed by atoms with van der Waals surface area (Å²) in [5.41, 5.74) is 1.04. The topological polar surface area (TPSA) is 130 Å². The molecule has 1 aromatic carbocycles. The van der Waals surface area contributed by atoms with E-state index in [1.807, 2.05) is 0 Å². The molecule has 2 aromatic heterocycles. The number of nitrogens with one attached hydrogen (secondary N) is 1. The molecule has 184 valence electrons. The fraction of sp³-hybridized carbons (Fsp3) is 0.333. The summed E-state index contributed by atoms with van der Waals surface area (Å²) in [7, 11) is -4.57. The molecule has 13 heteroatoms. The van der Waals surface area contributed by atoms with E-state index in [2.05, 4.69) is 10.3 Å². The van der Waals surface area contributed by atoms with Crippen LogP contribution in [0.15, 0.2) is 34.7 Å². The molecule has 0 bridgehead atoms. The second-order valence-corrected chi connectivity index (χ2v) is 11.8. The molecule has 0 aliphatic carbocycles.